The normalized spacial score (nSPS) is 9.62. The Kier molecular flexibility index (Phi) is 2.74. The number of phenols is 1. The zero-order valence-electron chi connectivity index (χ0n) is 7.37. The molecule has 1 amide bonds. The lowest BCUT2D eigenvalue weighted by Crippen LogP contribution is -2.10. The lowest BCUT2D eigenvalue weighted by Gasteiger charge is -2.06. The van der Waals surface area contributed by atoms with Gasteiger partial charge in [-0.15, -0.1) is 0 Å². The Morgan fingerprint density at radius 3 is 2.92 bits per heavy atom. The molecule has 4 nitrogen and oxygen atoms in total. The second-order valence-corrected chi connectivity index (χ2v) is 2.67. The van der Waals surface area contributed by atoms with Crippen LogP contribution >= 0.6 is 0 Å². The molecule has 1 aromatic rings. The topological polar surface area (TPSA) is 75.3 Å². The minimum absolute atomic E-state index is 0.0839. The summed E-state index contributed by atoms with van der Waals surface area (Å²) in [6, 6.07) is 4.43. The van der Waals surface area contributed by atoms with Gasteiger partial charge in [-0.3, -0.25) is 4.79 Å². The van der Waals surface area contributed by atoms with Gasteiger partial charge in [0.2, 0.25) is 5.91 Å². The number of rotatable bonds is 2. The van der Waals surface area contributed by atoms with Crippen LogP contribution in [0.5, 0.6) is 5.75 Å². The van der Waals surface area contributed by atoms with Crippen molar-refractivity contribution in [2.45, 2.75) is 13.3 Å². The van der Waals surface area contributed by atoms with E-state index in [1.807, 2.05) is 0 Å². The number of anilines is 2. The number of carbonyl (C=O) groups is 1. The first-order chi connectivity index (χ1) is 6.13. The Morgan fingerprint density at radius 1 is 1.62 bits per heavy atom. The average Bonchev–Trinajstić information content (AvgIpc) is 2.11. The number of carbonyl (C=O) groups excluding carboxylic acids is 1. The number of aromatic hydroxyl groups is 1. The summed E-state index contributed by atoms with van der Waals surface area (Å²) >= 11 is 0. The van der Waals surface area contributed by atoms with Crippen LogP contribution in [0.1, 0.15) is 13.3 Å². The van der Waals surface area contributed by atoms with E-state index in [0.29, 0.717) is 17.8 Å². The number of hydrogen-bond acceptors (Lipinski definition) is 3. The molecule has 0 spiro atoms. The van der Waals surface area contributed by atoms with Gasteiger partial charge in [-0.2, -0.15) is 0 Å². The van der Waals surface area contributed by atoms with Crippen molar-refractivity contribution in [1.82, 2.24) is 0 Å². The number of phenolic OH excluding ortho intramolecular Hbond substituents is 1. The molecule has 0 aliphatic rings. The molecule has 0 unspecified atom stereocenters. The van der Waals surface area contributed by atoms with E-state index in [1.165, 1.54) is 12.1 Å². The fraction of sp³-hybridized carbons (Fsp3) is 0.222. The number of benzene rings is 1. The van der Waals surface area contributed by atoms with Gasteiger partial charge in [-0.1, -0.05) is 6.92 Å². The predicted molar refractivity (Wildman–Crippen MR) is 51.4 cm³/mol. The van der Waals surface area contributed by atoms with Gasteiger partial charge < -0.3 is 16.2 Å². The lowest BCUT2D eigenvalue weighted by atomic mass is 10.2. The molecule has 0 aliphatic heterocycles. The van der Waals surface area contributed by atoms with Gasteiger partial charge in [-0.05, 0) is 12.1 Å². The van der Waals surface area contributed by atoms with Crippen LogP contribution < -0.4 is 11.1 Å². The highest BCUT2D eigenvalue weighted by molar-refractivity contribution is 5.93. The van der Waals surface area contributed by atoms with Crippen molar-refractivity contribution in [2.75, 3.05) is 11.1 Å². The van der Waals surface area contributed by atoms with E-state index in [0.717, 1.165) is 0 Å². The molecule has 1 aromatic carbocycles. The summed E-state index contributed by atoms with van der Waals surface area (Å²) in [5, 5.41) is 11.7. The van der Waals surface area contributed by atoms with Crippen LogP contribution in [0.15, 0.2) is 18.2 Å². The van der Waals surface area contributed by atoms with Crippen molar-refractivity contribution < 1.29 is 9.90 Å². The molecule has 0 heterocycles. The van der Waals surface area contributed by atoms with E-state index in [4.69, 9.17) is 10.8 Å². The second-order valence-electron chi connectivity index (χ2n) is 2.67. The van der Waals surface area contributed by atoms with E-state index < -0.39 is 0 Å². The largest absolute Gasteiger partial charge is 0.508 e. The highest BCUT2D eigenvalue weighted by Gasteiger charge is 2.03. The molecule has 0 aromatic heterocycles. The first kappa shape index (κ1) is 9.38. The number of amides is 1. The van der Waals surface area contributed by atoms with Crippen LogP contribution in [0.2, 0.25) is 0 Å². The molecule has 1 rings (SSSR count). The van der Waals surface area contributed by atoms with Gasteiger partial charge in [0.1, 0.15) is 5.75 Å². The molecule has 0 fully saturated rings. The summed E-state index contributed by atoms with van der Waals surface area (Å²) in [5.41, 5.74) is 6.46. The second kappa shape index (κ2) is 3.80. The Balaban J connectivity index is 2.87. The van der Waals surface area contributed by atoms with Crippen LogP contribution in [-0.4, -0.2) is 11.0 Å². The summed E-state index contributed by atoms with van der Waals surface area (Å²) in [5.74, 6) is -0.0436. The smallest absolute Gasteiger partial charge is 0.224 e. The third-order valence-corrected chi connectivity index (χ3v) is 1.63. The molecule has 4 N–H and O–H groups in total. The molecule has 0 bridgehead atoms. The van der Waals surface area contributed by atoms with E-state index in [2.05, 4.69) is 5.32 Å². The van der Waals surface area contributed by atoms with Gasteiger partial charge in [-0.25, -0.2) is 0 Å². The molecule has 0 saturated carbocycles. The molecule has 4 heteroatoms. The Labute approximate surface area is 76.4 Å². The van der Waals surface area contributed by atoms with Crippen molar-refractivity contribution >= 4 is 17.3 Å². The SMILES string of the molecule is CCC(=O)Nc1cc(O)ccc1N. The van der Waals surface area contributed by atoms with Crippen LogP contribution in [0.4, 0.5) is 11.4 Å². The van der Waals surface area contributed by atoms with Crippen molar-refractivity contribution in [3.8, 4) is 5.75 Å². The van der Waals surface area contributed by atoms with Crippen molar-refractivity contribution in [2.24, 2.45) is 0 Å². The highest BCUT2D eigenvalue weighted by Crippen LogP contribution is 2.23. The Hall–Kier alpha value is -1.71. The third-order valence-electron chi connectivity index (χ3n) is 1.63. The number of nitrogens with two attached hydrogens (primary N) is 1. The molecule has 0 atom stereocenters. The maximum atomic E-state index is 11.0. The molecular formula is C9H12N2O2. The fourth-order valence-corrected chi connectivity index (χ4v) is 0.891. The minimum atomic E-state index is -0.127. The highest BCUT2D eigenvalue weighted by atomic mass is 16.3. The predicted octanol–water partition coefficient (Wildman–Crippen LogP) is 1.32. The summed E-state index contributed by atoms with van der Waals surface area (Å²) in [6.07, 6.45) is 0.384. The Bertz CT molecular complexity index is 323. The van der Waals surface area contributed by atoms with Crippen LogP contribution in [-0.2, 0) is 4.79 Å². The van der Waals surface area contributed by atoms with E-state index in [9.17, 15) is 4.79 Å². The standard InChI is InChI=1S/C9H12N2O2/c1-2-9(13)11-8-5-6(12)3-4-7(8)10/h3-5,12H,2,10H2,1H3,(H,11,13). The minimum Gasteiger partial charge on any atom is -0.508 e. The molecule has 70 valence electrons. The first-order valence-electron chi connectivity index (χ1n) is 4.02. The summed E-state index contributed by atoms with van der Waals surface area (Å²) in [7, 11) is 0. The quantitative estimate of drug-likeness (QED) is 0.474. The van der Waals surface area contributed by atoms with Crippen molar-refractivity contribution in [3.63, 3.8) is 0 Å². The van der Waals surface area contributed by atoms with Crippen molar-refractivity contribution in [3.05, 3.63) is 18.2 Å². The maximum Gasteiger partial charge on any atom is 0.224 e. The van der Waals surface area contributed by atoms with Crippen molar-refractivity contribution in [1.29, 1.82) is 0 Å². The number of nitrogen functional groups attached to an aromatic ring is 1. The van der Waals surface area contributed by atoms with Gasteiger partial charge in [0.15, 0.2) is 0 Å². The number of nitrogens with one attached hydrogen (secondary N) is 1. The summed E-state index contributed by atoms with van der Waals surface area (Å²) in [6.45, 7) is 1.74. The average molecular weight is 180 g/mol. The lowest BCUT2D eigenvalue weighted by molar-refractivity contribution is -0.115. The summed E-state index contributed by atoms with van der Waals surface area (Å²) < 4.78 is 0. The zero-order valence-corrected chi connectivity index (χ0v) is 7.37. The van der Waals surface area contributed by atoms with Crippen LogP contribution in [0.3, 0.4) is 0 Å². The monoisotopic (exact) mass is 180 g/mol. The van der Waals surface area contributed by atoms with E-state index in [1.54, 1.807) is 13.0 Å². The van der Waals surface area contributed by atoms with Gasteiger partial charge in [0, 0.05) is 12.5 Å². The molecule has 0 aliphatic carbocycles. The fourth-order valence-electron chi connectivity index (χ4n) is 0.891. The van der Waals surface area contributed by atoms with Gasteiger partial charge >= 0.3 is 0 Å². The number of hydrogen-bond donors (Lipinski definition) is 3. The van der Waals surface area contributed by atoms with Crippen LogP contribution in [0, 0.1) is 0 Å². The molecule has 0 saturated heterocycles. The molecule has 0 radical (unpaired) electrons. The Morgan fingerprint density at radius 2 is 2.31 bits per heavy atom. The van der Waals surface area contributed by atoms with E-state index in [-0.39, 0.29) is 11.7 Å². The zero-order chi connectivity index (χ0) is 9.84. The first-order valence-corrected chi connectivity index (χ1v) is 4.02. The summed E-state index contributed by atoms with van der Waals surface area (Å²) in [4.78, 5) is 11.0. The van der Waals surface area contributed by atoms with Gasteiger partial charge in [0.25, 0.3) is 0 Å². The van der Waals surface area contributed by atoms with Gasteiger partial charge in [0.05, 0.1) is 11.4 Å². The molecule has 13 heavy (non-hydrogen) atoms. The molecular weight excluding hydrogens is 168 g/mol. The third kappa shape index (κ3) is 2.37. The van der Waals surface area contributed by atoms with E-state index >= 15 is 0 Å². The van der Waals surface area contributed by atoms with Crippen LogP contribution in [0.25, 0.3) is 0 Å². The maximum absolute atomic E-state index is 11.0.